The first-order valence-corrected chi connectivity index (χ1v) is 16.6. The summed E-state index contributed by atoms with van der Waals surface area (Å²) in [7, 11) is 6.25. The molecule has 0 aliphatic rings. The van der Waals surface area contributed by atoms with Gasteiger partial charge in [-0.2, -0.15) is 4.89 Å². The van der Waals surface area contributed by atoms with E-state index in [9.17, 15) is 19.1 Å². The zero-order valence-electron chi connectivity index (χ0n) is 32.2. The second kappa shape index (κ2) is 34.0. The molecule has 0 aliphatic heterocycles. The summed E-state index contributed by atoms with van der Waals surface area (Å²) in [6, 6.07) is 0. The van der Waals surface area contributed by atoms with E-state index in [1.165, 1.54) is 96.5 Å². The minimum atomic E-state index is -2.92. The highest BCUT2D eigenvalue weighted by Gasteiger charge is 2.13. The Morgan fingerprint density at radius 1 is 0.511 bits per heavy atom. The number of carboxylic acids is 1. The molecule has 0 heterocycles. The van der Waals surface area contributed by atoms with Gasteiger partial charge < -0.3 is 42.9 Å². The molecule has 0 radical (unpaired) electrons. The van der Waals surface area contributed by atoms with Crippen LogP contribution in [-0.4, -0.2) is 151 Å². The number of hydrogen-bond donors (Lipinski definition) is 0. The first kappa shape index (κ1) is 56.0. The van der Waals surface area contributed by atoms with Crippen molar-refractivity contribution >= 4 is 19.3 Å². The predicted molar refractivity (Wildman–Crippen MR) is 175 cm³/mol. The SMILES string of the molecule is CC[N+](C)(CC)CC.CC[N+](C)(CC)CC.CC[N+](C)(CC)CC.CC[N+](C)(CC)CC.O=C([O-])C(=O)OOCF.[O-]B([O-])[O-]. The van der Waals surface area contributed by atoms with Crippen LogP contribution >= 0.6 is 0 Å². The van der Waals surface area contributed by atoms with Gasteiger partial charge in [0, 0.05) is 0 Å². The fourth-order valence-electron chi connectivity index (χ4n) is 2.79. The lowest BCUT2D eigenvalue weighted by Gasteiger charge is -2.35. The summed E-state index contributed by atoms with van der Waals surface area (Å²) in [4.78, 5) is 25.7. The maximum atomic E-state index is 10.9. The molecular weight excluding hydrogens is 586 g/mol. The molecular formula is C31H74BFN4O8. The van der Waals surface area contributed by atoms with Crippen LogP contribution in [0.1, 0.15) is 83.1 Å². The minimum Gasteiger partial charge on any atom is -0.907 e. The van der Waals surface area contributed by atoms with E-state index < -0.39 is 26.1 Å². The van der Waals surface area contributed by atoms with E-state index in [-0.39, 0.29) is 0 Å². The van der Waals surface area contributed by atoms with Crippen molar-refractivity contribution in [1.82, 2.24) is 0 Å². The van der Waals surface area contributed by atoms with Gasteiger partial charge in [0.15, 0.2) is 5.97 Å². The van der Waals surface area contributed by atoms with Crippen LogP contribution in [0.25, 0.3) is 0 Å². The van der Waals surface area contributed by atoms with Crippen LogP contribution in [0.4, 0.5) is 4.39 Å². The number of carbonyl (C=O) groups excluding carboxylic acids is 2. The Kier molecular flexibility index (Phi) is 42.3. The summed E-state index contributed by atoms with van der Waals surface area (Å²) in [6.45, 7) is 40.6. The fourth-order valence-corrected chi connectivity index (χ4v) is 2.79. The van der Waals surface area contributed by atoms with Crippen LogP contribution < -0.4 is 20.2 Å². The molecule has 45 heavy (non-hydrogen) atoms. The maximum Gasteiger partial charge on any atom is 0.388 e. The Balaban J connectivity index is -0.000000103. The van der Waals surface area contributed by atoms with Crippen LogP contribution in [0.15, 0.2) is 0 Å². The Labute approximate surface area is 277 Å². The number of carboxylic acid groups (broad SMARTS) is 1. The van der Waals surface area contributed by atoms with Crippen LogP contribution in [-0.2, 0) is 19.4 Å². The van der Waals surface area contributed by atoms with Gasteiger partial charge >= 0.3 is 5.97 Å². The third-order valence-corrected chi connectivity index (χ3v) is 9.51. The van der Waals surface area contributed by atoms with E-state index in [1.54, 1.807) is 0 Å². The van der Waals surface area contributed by atoms with Gasteiger partial charge in [0.2, 0.25) is 6.86 Å². The standard InChI is InChI=1S/4C7H18N.C3H3FO5.BO3/c4*1-5-8(4,6-2)7-3;4-1-8-9-3(7)2(5)6;2-1(3)4/h4*5-7H2,1-4H3;1H2,(H,5,6);/q4*+1;;-3/p-1. The molecule has 12 nitrogen and oxygen atoms in total. The lowest BCUT2D eigenvalue weighted by molar-refractivity contribution is -0.904. The maximum absolute atomic E-state index is 10.9. The molecule has 0 spiro atoms. The van der Waals surface area contributed by atoms with Crippen molar-refractivity contribution in [3.63, 3.8) is 0 Å². The number of quaternary nitrogens is 4. The molecule has 276 valence electrons. The topological polar surface area (TPSA) is 145 Å². The molecule has 0 aromatic carbocycles. The molecule has 0 saturated heterocycles. The molecule has 0 aliphatic carbocycles. The van der Waals surface area contributed by atoms with Gasteiger partial charge in [-0.25, -0.2) is 9.18 Å². The zero-order chi connectivity index (χ0) is 37.3. The van der Waals surface area contributed by atoms with Crippen molar-refractivity contribution in [3.05, 3.63) is 0 Å². The summed E-state index contributed by atoms with van der Waals surface area (Å²) < 4.78 is 15.7. The molecule has 0 rings (SSSR count). The summed E-state index contributed by atoms with van der Waals surface area (Å²) >= 11 is 0. The third kappa shape index (κ3) is 38.7. The lowest BCUT2D eigenvalue weighted by atomic mass is 10.3. The van der Waals surface area contributed by atoms with E-state index in [1.807, 2.05) is 0 Å². The van der Waals surface area contributed by atoms with Crippen LogP contribution in [0, 0.1) is 0 Å². The normalized spacial score (nSPS) is 10.8. The van der Waals surface area contributed by atoms with Crippen molar-refractivity contribution in [2.75, 3.05) is 114 Å². The van der Waals surface area contributed by atoms with E-state index in [0.29, 0.717) is 0 Å². The monoisotopic (exact) mass is 661 g/mol. The highest BCUT2D eigenvalue weighted by atomic mass is 19.1. The first-order chi connectivity index (χ1) is 20.6. The first-order valence-electron chi connectivity index (χ1n) is 16.6. The van der Waals surface area contributed by atoms with Crippen molar-refractivity contribution in [1.29, 1.82) is 0 Å². The molecule has 0 saturated carbocycles. The molecule has 0 N–H and O–H groups in total. The molecule has 0 aromatic heterocycles. The highest BCUT2D eigenvalue weighted by molar-refractivity contribution is 6.27. The molecule has 0 fully saturated rings. The predicted octanol–water partition coefficient (Wildman–Crippen LogP) is 0.161. The zero-order valence-corrected chi connectivity index (χ0v) is 32.2. The number of halogens is 1. The van der Waals surface area contributed by atoms with Gasteiger partial charge in [-0.15, -0.1) is 0 Å². The van der Waals surface area contributed by atoms with Gasteiger partial charge in [-0.3, -0.25) is 12.2 Å². The minimum absolute atomic E-state index is 1.21. The van der Waals surface area contributed by atoms with Gasteiger partial charge in [0.1, 0.15) is 0 Å². The second-order valence-electron chi connectivity index (χ2n) is 11.4. The van der Waals surface area contributed by atoms with E-state index in [4.69, 9.17) is 15.1 Å². The largest absolute Gasteiger partial charge is 0.907 e. The summed E-state index contributed by atoms with van der Waals surface area (Å²) in [5.74, 6) is -3.84. The van der Waals surface area contributed by atoms with Crippen molar-refractivity contribution in [2.45, 2.75) is 83.1 Å². The number of carbonyl (C=O) groups is 2. The number of rotatable bonds is 14. The summed E-state index contributed by atoms with van der Waals surface area (Å²) in [5, 5.41) is 34.7. The Morgan fingerprint density at radius 2 is 0.667 bits per heavy atom. The fraction of sp³-hybridized carbons (Fsp3) is 0.935. The average Bonchev–Trinajstić information content (AvgIpc) is 3.06. The van der Waals surface area contributed by atoms with E-state index in [0.717, 1.165) is 0 Å². The van der Waals surface area contributed by atoms with Gasteiger partial charge in [0.25, 0.3) is 0 Å². The number of hydrogen-bond acceptors (Lipinski definition) is 8. The Bertz CT molecular complexity index is 541. The number of nitrogens with zero attached hydrogens (tertiary/aromatic N) is 4. The quantitative estimate of drug-likeness (QED) is 0.0843. The summed E-state index contributed by atoms with van der Waals surface area (Å²) in [6.07, 6.45) is 0. The molecule has 0 aromatic rings. The third-order valence-electron chi connectivity index (χ3n) is 9.51. The van der Waals surface area contributed by atoms with Crippen LogP contribution in [0.5, 0.6) is 0 Å². The number of alkyl halides is 1. The molecule has 14 heteroatoms. The smallest absolute Gasteiger partial charge is 0.388 e. The van der Waals surface area contributed by atoms with Crippen LogP contribution in [0.3, 0.4) is 0 Å². The molecule has 0 atom stereocenters. The van der Waals surface area contributed by atoms with Gasteiger partial charge in [-0.05, 0) is 83.1 Å². The van der Waals surface area contributed by atoms with Crippen molar-refractivity contribution in [3.8, 4) is 0 Å². The second-order valence-corrected chi connectivity index (χ2v) is 11.4. The molecule has 0 bridgehead atoms. The highest BCUT2D eigenvalue weighted by Crippen LogP contribution is 1.99. The summed E-state index contributed by atoms with van der Waals surface area (Å²) in [5.41, 5.74) is 0. The van der Waals surface area contributed by atoms with Crippen molar-refractivity contribution in [2.24, 2.45) is 0 Å². The van der Waals surface area contributed by atoms with Crippen LogP contribution in [0.2, 0.25) is 0 Å². The van der Waals surface area contributed by atoms with Crippen molar-refractivity contribution < 1.29 is 61.9 Å². The van der Waals surface area contributed by atoms with E-state index in [2.05, 4.69) is 121 Å². The van der Waals surface area contributed by atoms with E-state index >= 15 is 0 Å². The Hall–Kier alpha value is -1.39. The van der Waals surface area contributed by atoms with Gasteiger partial charge in [-0.1, -0.05) is 0 Å². The number of aliphatic carboxylic acids is 1. The molecule has 0 amide bonds. The Morgan fingerprint density at radius 3 is 0.733 bits per heavy atom. The lowest BCUT2D eigenvalue weighted by Crippen LogP contribution is -2.56. The average molecular weight is 661 g/mol. The molecule has 0 unspecified atom stereocenters. The van der Waals surface area contributed by atoms with Gasteiger partial charge in [0.05, 0.1) is 107 Å².